The Bertz CT molecular complexity index is 532. The number of rotatable bonds is 4. The number of benzene rings is 1. The van der Waals surface area contributed by atoms with Crippen LogP contribution in [0.4, 0.5) is 0 Å². The van der Waals surface area contributed by atoms with Crippen LogP contribution in [-0.2, 0) is 13.5 Å². The average molecular weight is 230 g/mol. The van der Waals surface area contributed by atoms with Crippen molar-refractivity contribution in [2.45, 2.75) is 6.42 Å². The molecule has 0 saturated heterocycles. The molecule has 0 N–H and O–H groups in total. The van der Waals surface area contributed by atoms with Crippen molar-refractivity contribution in [2.75, 3.05) is 7.11 Å². The number of hydrogen-bond acceptors (Lipinski definition) is 3. The quantitative estimate of drug-likeness (QED) is 0.753. The molecule has 0 aliphatic rings. The predicted molar refractivity (Wildman–Crippen MR) is 64.4 cm³/mol. The van der Waals surface area contributed by atoms with Crippen LogP contribution in [0, 0.1) is 0 Å². The molecule has 0 atom stereocenters. The van der Waals surface area contributed by atoms with Crippen molar-refractivity contribution in [2.24, 2.45) is 7.05 Å². The van der Waals surface area contributed by atoms with Gasteiger partial charge in [-0.3, -0.25) is 4.79 Å². The van der Waals surface area contributed by atoms with E-state index in [0.717, 1.165) is 17.7 Å². The van der Waals surface area contributed by atoms with Crippen LogP contribution in [0.1, 0.15) is 21.7 Å². The summed E-state index contributed by atoms with van der Waals surface area (Å²) in [6.45, 7) is 0. The number of aryl methyl sites for hydroxylation is 1. The van der Waals surface area contributed by atoms with Crippen molar-refractivity contribution in [1.29, 1.82) is 0 Å². The zero-order valence-electron chi connectivity index (χ0n) is 9.88. The number of aromatic nitrogens is 2. The third kappa shape index (κ3) is 2.36. The van der Waals surface area contributed by atoms with Crippen LogP contribution in [0.25, 0.3) is 0 Å². The van der Waals surface area contributed by atoms with Crippen LogP contribution in [-0.4, -0.2) is 22.9 Å². The Morgan fingerprint density at radius 3 is 2.88 bits per heavy atom. The molecular formula is C13H14N2O2. The molecule has 88 valence electrons. The van der Waals surface area contributed by atoms with Crippen molar-refractivity contribution in [3.05, 3.63) is 47.5 Å². The van der Waals surface area contributed by atoms with E-state index in [1.54, 1.807) is 19.4 Å². The summed E-state index contributed by atoms with van der Waals surface area (Å²) in [5.41, 5.74) is 1.60. The van der Waals surface area contributed by atoms with Gasteiger partial charge < -0.3 is 9.30 Å². The van der Waals surface area contributed by atoms with Gasteiger partial charge in [0, 0.05) is 31.4 Å². The van der Waals surface area contributed by atoms with Gasteiger partial charge in [-0.05, 0) is 17.7 Å². The van der Waals surface area contributed by atoms with E-state index in [1.165, 1.54) is 0 Å². The number of carbonyl (C=O) groups excluding carboxylic acids is 1. The van der Waals surface area contributed by atoms with E-state index in [4.69, 9.17) is 4.74 Å². The first-order chi connectivity index (χ1) is 8.24. The van der Waals surface area contributed by atoms with Crippen molar-refractivity contribution in [3.63, 3.8) is 0 Å². The molecule has 1 aromatic heterocycles. The third-order valence-electron chi connectivity index (χ3n) is 2.75. The largest absolute Gasteiger partial charge is 0.497 e. The molecule has 0 saturated carbocycles. The average Bonchev–Trinajstić information content (AvgIpc) is 2.75. The molecule has 1 heterocycles. The van der Waals surface area contributed by atoms with Crippen LogP contribution < -0.4 is 4.74 Å². The lowest BCUT2D eigenvalue weighted by Crippen LogP contribution is -2.01. The van der Waals surface area contributed by atoms with Crippen LogP contribution in [0.5, 0.6) is 5.75 Å². The molecule has 17 heavy (non-hydrogen) atoms. The number of imidazole rings is 1. The smallest absolute Gasteiger partial charge is 0.150 e. The van der Waals surface area contributed by atoms with Crippen LogP contribution >= 0.6 is 0 Å². The molecule has 4 nitrogen and oxygen atoms in total. The highest BCUT2D eigenvalue weighted by atomic mass is 16.5. The van der Waals surface area contributed by atoms with E-state index in [1.807, 2.05) is 29.9 Å². The Morgan fingerprint density at radius 2 is 2.29 bits per heavy atom. The summed E-state index contributed by atoms with van der Waals surface area (Å²) in [6, 6.07) is 5.49. The predicted octanol–water partition coefficient (Wildman–Crippen LogP) is 1.83. The fraction of sp³-hybridized carbons (Fsp3) is 0.231. The van der Waals surface area contributed by atoms with Gasteiger partial charge in [-0.1, -0.05) is 6.07 Å². The highest BCUT2D eigenvalue weighted by Crippen LogP contribution is 2.18. The van der Waals surface area contributed by atoms with E-state index < -0.39 is 0 Å². The lowest BCUT2D eigenvalue weighted by molar-refractivity contribution is 0.112. The summed E-state index contributed by atoms with van der Waals surface area (Å²) in [7, 11) is 3.52. The molecule has 1 aromatic carbocycles. The first-order valence-corrected chi connectivity index (χ1v) is 5.33. The number of methoxy groups -OCH3 is 1. The van der Waals surface area contributed by atoms with E-state index in [0.29, 0.717) is 17.7 Å². The molecule has 0 fully saturated rings. The minimum Gasteiger partial charge on any atom is -0.497 e. The summed E-state index contributed by atoms with van der Waals surface area (Å²) in [5, 5.41) is 0. The zero-order chi connectivity index (χ0) is 12.3. The monoisotopic (exact) mass is 230 g/mol. The molecular weight excluding hydrogens is 216 g/mol. The fourth-order valence-corrected chi connectivity index (χ4v) is 1.71. The van der Waals surface area contributed by atoms with Gasteiger partial charge >= 0.3 is 0 Å². The molecule has 0 spiro atoms. The molecule has 0 bridgehead atoms. The van der Waals surface area contributed by atoms with E-state index in [9.17, 15) is 4.79 Å². The summed E-state index contributed by atoms with van der Waals surface area (Å²) in [5.74, 6) is 1.62. The highest BCUT2D eigenvalue weighted by Gasteiger charge is 2.07. The SMILES string of the molecule is COc1ccc(Cc2nccn2C)c(C=O)c1. The molecule has 0 amide bonds. The van der Waals surface area contributed by atoms with Gasteiger partial charge in [0.05, 0.1) is 7.11 Å². The van der Waals surface area contributed by atoms with Crippen molar-refractivity contribution < 1.29 is 9.53 Å². The maximum absolute atomic E-state index is 11.0. The summed E-state index contributed by atoms with van der Waals surface area (Å²) < 4.78 is 7.03. The Morgan fingerprint density at radius 1 is 1.47 bits per heavy atom. The van der Waals surface area contributed by atoms with Crippen LogP contribution in [0.15, 0.2) is 30.6 Å². The van der Waals surface area contributed by atoms with Crippen molar-refractivity contribution in [3.8, 4) is 5.75 Å². The Balaban J connectivity index is 2.33. The minimum atomic E-state index is 0.640. The van der Waals surface area contributed by atoms with E-state index in [-0.39, 0.29) is 0 Å². The molecule has 0 radical (unpaired) electrons. The van der Waals surface area contributed by atoms with Crippen molar-refractivity contribution >= 4 is 6.29 Å². The number of ether oxygens (including phenoxy) is 1. The van der Waals surface area contributed by atoms with Crippen molar-refractivity contribution in [1.82, 2.24) is 9.55 Å². The summed E-state index contributed by atoms with van der Waals surface area (Å²) in [6.07, 6.45) is 5.13. The number of hydrogen-bond donors (Lipinski definition) is 0. The normalized spacial score (nSPS) is 10.2. The number of nitrogens with zero attached hydrogens (tertiary/aromatic N) is 2. The highest BCUT2D eigenvalue weighted by molar-refractivity contribution is 5.78. The van der Waals surface area contributed by atoms with Gasteiger partial charge in [-0.25, -0.2) is 4.98 Å². The van der Waals surface area contributed by atoms with Crippen LogP contribution in [0.3, 0.4) is 0 Å². The minimum absolute atomic E-state index is 0.640. The topological polar surface area (TPSA) is 44.1 Å². The molecule has 2 aromatic rings. The second-order valence-corrected chi connectivity index (χ2v) is 3.81. The van der Waals surface area contributed by atoms with Gasteiger partial charge in [-0.2, -0.15) is 0 Å². The van der Waals surface area contributed by atoms with Gasteiger partial charge in [0.2, 0.25) is 0 Å². The number of carbonyl (C=O) groups is 1. The van der Waals surface area contributed by atoms with Gasteiger partial charge in [-0.15, -0.1) is 0 Å². The number of aldehydes is 1. The van der Waals surface area contributed by atoms with E-state index >= 15 is 0 Å². The summed E-state index contributed by atoms with van der Waals surface area (Å²) >= 11 is 0. The lowest BCUT2D eigenvalue weighted by Gasteiger charge is -2.07. The first-order valence-electron chi connectivity index (χ1n) is 5.33. The molecule has 2 rings (SSSR count). The fourth-order valence-electron chi connectivity index (χ4n) is 1.71. The third-order valence-corrected chi connectivity index (χ3v) is 2.75. The Kier molecular flexibility index (Phi) is 3.23. The first kappa shape index (κ1) is 11.4. The molecule has 4 heteroatoms. The molecule has 0 unspecified atom stereocenters. The van der Waals surface area contributed by atoms with Gasteiger partial charge in [0.1, 0.15) is 17.9 Å². The maximum Gasteiger partial charge on any atom is 0.150 e. The standard InChI is InChI=1S/C13H14N2O2/c1-15-6-5-14-13(15)8-10-3-4-12(17-2)7-11(10)9-16/h3-7,9H,8H2,1-2H3. The van der Waals surface area contributed by atoms with Crippen LogP contribution in [0.2, 0.25) is 0 Å². The lowest BCUT2D eigenvalue weighted by atomic mass is 10.0. The maximum atomic E-state index is 11.0. The zero-order valence-corrected chi connectivity index (χ0v) is 9.88. The second kappa shape index (κ2) is 4.82. The van der Waals surface area contributed by atoms with E-state index in [2.05, 4.69) is 4.98 Å². The second-order valence-electron chi connectivity index (χ2n) is 3.81. The Hall–Kier alpha value is -2.10. The molecule has 0 aliphatic heterocycles. The Labute approximate surface area is 99.9 Å². The van der Waals surface area contributed by atoms with Gasteiger partial charge in [0.25, 0.3) is 0 Å². The van der Waals surface area contributed by atoms with Gasteiger partial charge in [0.15, 0.2) is 0 Å². The molecule has 0 aliphatic carbocycles. The summed E-state index contributed by atoms with van der Waals surface area (Å²) in [4.78, 5) is 15.3.